The molecule has 0 bridgehead atoms. The van der Waals surface area contributed by atoms with Gasteiger partial charge in [-0.05, 0) is 5.21 Å². The number of hydrogen-bond donors (Lipinski definition) is 1. The second-order valence-corrected chi connectivity index (χ2v) is 3.43. The Morgan fingerprint density at radius 1 is 1.73 bits per heavy atom. The molecule has 15 heavy (non-hydrogen) atoms. The van der Waals surface area contributed by atoms with Gasteiger partial charge in [0.2, 0.25) is 11.6 Å². The second-order valence-electron chi connectivity index (χ2n) is 3.43. The zero-order valence-corrected chi connectivity index (χ0v) is 8.51. The molecule has 0 saturated carbocycles. The number of carbonyl (C=O) groups excluding carboxylic acids is 1. The van der Waals surface area contributed by atoms with E-state index in [-0.39, 0.29) is 17.7 Å². The number of morpholine rings is 1. The lowest BCUT2D eigenvalue weighted by Crippen LogP contribution is -2.39. The summed E-state index contributed by atoms with van der Waals surface area (Å²) in [4.78, 5) is 12.9. The molecular formula is C8H13N5O2. The second kappa shape index (κ2) is 4.45. The van der Waals surface area contributed by atoms with E-state index in [2.05, 4.69) is 20.7 Å². The fraction of sp³-hybridized carbons (Fsp3) is 0.750. The van der Waals surface area contributed by atoms with Gasteiger partial charge in [0.25, 0.3) is 0 Å². The smallest absolute Gasteiger partial charge is 0.240 e. The number of tetrazole rings is 1. The Balaban J connectivity index is 1.91. The fourth-order valence-electron chi connectivity index (χ4n) is 1.44. The fourth-order valence-corrected chi connectivity index (χ4v) is 1.44. The van der Waals surface area contributed by atoms with Crippen LogP contribution in [0.4, 0.5) is 0 Å². The number of aryl methyl sites for hydroxylation is 1. The molecule has 1 fully saturated rings. The Morgan fingerprint density at radius 2 is 2.60 bits per heavy atom. The predicted molar refractivity (Wildman–Crippen MR) is 50.4 cm³/mol. The number of nitrogens with one attached hydrogen (secondary N) is 1. The minimum atomic E-state index is -0.128. The molecule has 0 aromatic carbocycles. The van der Waals surface area contributed by atoms with Gasteiger partial charge in [-0.2, -0.15) is 4.80 Å². The van der Waals surface area contributed by atoms with Gasteiger partial charge in [0.1, 0.15) is 0 Å². The van der Waals surface area contributed by atoms with Gasteiger partial charge >= 0.3 is 0 Å². The van der Waals surface area contributed by atoms with E-state index in [1.54, 1.807) is 7.05 Å². The quantitative estimate of drug-likeness (QED) is 0.630. The molecule has 2 heterocycles. The van der Waals surface area contributed by atoms with Crippen LogP contribution in [0.1, 0.15) is 17.0 Å². The van der Waals surface area contributed by atoms with Crippen LogP contribution in [0.2, 0.25) is 0 Å². The molecule has 82 valence electrons. The number of ketones is 1. The van der Waals surface area contributed by atoms with Crippen LogP contribution in [-0.4, -0.2) is 51.8 Å². The summed E-state index contributed by atoms with van der Waals surface area (Å²) in [7, 11) is 1.63. The first-order chi connectivity index (χ1) is 7.25. The summed E-state index contributed by atoms with van der Waals surface area (Å²) >= 11 is 0. The van der Waals surface area contributed by atoms with Crippen molar-refractivity contribution >= 4 is 5.78 Å². The summed E-state index contributed by atoms with van der Waals surface area (Å²) in [5.74, 6) is 0.0310. The third-order valence-corrected chi connectivity index (χ3v) is 2.18. The van der Waals surface area contributed by atoms with Gasteiger partial charge in [0.05, 0.1) is 19.8 Å². The maximum Gasteiger partial charge on any atom is 0.240 e. The van der Waals surface area contributed by atoms with Gasteiger partial charge in [0.15, 0.2) is 0 Å². The molecule has 1 atom stereocenters. The zero-order valence-electron chi connectivity index (χ0n) is 8.51. The van der Waals surface area contributed by atoms with Crippen LogP contribution in [0.3, 0.4) is 0 Å². The van der Waals surface area contributed by atoms with E-state index in [1.807, 2.05) is 0 Å². The number of hydrogen-bond acceptors (Lipinski definition) is 6. The molecule has 2 rings (SSSR count). The number of aromatic nitrogens is 4. The first-order valence-corrected chi connectivity index (χ1v) is 4.85. The lowest BCUT2D eigenvalue weighted by Gasteiger charge is -2.22. The Hall–Kier alpha value is -1.34. The molecule has 1 aromatic heterocycles. The first kappa shape index (κ1) is 10.2. The third kappa shape index (κ3) is 2.57. The van der Waals surface area contributed by atoms with E-state index >= 15 is 0 Å². The van der Waals surface area contributed by atoms with E-state index < -0.39 is 0 Å². The summed E-state index contributed by atoms with van der Waals surface area (Å²) in [6, 6.07) is 0. The van der Waals surface area contributed by atoms with E-state index in [0.717, 1.165) is 6.54 Å². The Labute approximate surface area is 86.8 Å². The first-order valence-electron chi connectivity index (χ1n) is 4.85. The van der Waals surface area contributed by atoms with Crippen molar-refractivity contribution in [2.75, 3.05) is 19.7 Å². The Kier molecular flexibility index (Phi) is 3.02. The minimum Gasteiger partial charge on any atom is -0.375 e. The molecule has 0 radical (unpaired) electrons. The van der Waals surface area contributed by atoms with Crippen LogP contribution < -0.4 is 5.32 Å². The predicted octanol–water partition coefficient (Wildman–Crippen LogP) is -1.23. The van der Waals surface area contributed by atoms with Crippen LogP contribution in [0.25, 0.3) is 0 Å². The van der Waals surface area contributed by atoms with Crippen molar-refractivity contribution in [2.24, 2.45) is 7.05 Å². The van der Waals surface area contributed by atoms with Crippen molar-refractivity contribution in [3.05, 3.63) is 5.82 Å². The lowest BCUT2D eigenvalue weighted by atomic mass is 10.1. The number of nitrogens with zero attached hydrogens (tertiary/aromatic N) is 4. The standard InChI is InChI=1S/C8H13N5O2/c1-13-11-8(10-12-13)7(14)4-6-5-9-2-3-15-6/h6,9H,2-5H2,1H3. The molecule has 1 unspecified atom stereocenters. The van der Waals surface area contributed by atoms with Crippen molar-refractivity contribution in [2.45, 2.75) is 12.5 Å². The van der Waals surface area contributed by atoms with Gasteiger partial charge in [-0.3, -0.25) is 4.79 Å². The summed E-state index contributed by atoms with van der Waals surface area (Å²) in [6.07, 6.45) is 0.230. The van der Waals surface area contributed by atoms with Crippen molar-refractivity contribution in [3.8, 4) is 0 Å². The Bertz CT molecular complexity index is 345. The normalized spacial score (nSPS) is 21.5. The van der Waals surface area contributed by atoms with Gasteiger partial charge in [-0.1, -0.05) is 0 Å². The maximum absolute atomic E-state index is 11.6. The highest BCUT2D eigenvalue weighted by Gasteiger charge is 2.20. The van der Waals surface area contributed by atoms with Crippen molar-refractivity contribution in [3.63, 3.8) is 0 Å². The molecule has 1 aromatic rings. The van der Waals surface area contributed by atoms with Crippen LogP contribution in [0.5, 0.6) is 0 Å². The van der Waals surface area contributed by atoms with E-state index in [4.69, 9.17) is 4.74 Å². The van der Waals surface area contributed by atoms with Gasteiger partial charge in [-0.25, -0.2) is 0 Å². The SMILES string of the molecule is Cn1nnc(C(=O)CC2CNCCO2)n1. The van der Waals surface area contributed by atoms with Crippen molar-refractivity contribution < 1.29 is 9.53 Å². The maximum atomic E-state index is 11.6. The molecule has 1 saturated heterocycles. The van der Waals surface area contributed by atoms with E-state index in [0.29, 0.717) is 19.6 Å². The Morgan fingerprint density at radius 3 is 3.20 bits per heavy atom. The number of ether oxygens (including phenoxy) is 1. The molecule has 1 N–H and O–H groups in total. The van der Waals surface area contributed by atoms with E-state index in [1.165, 1.54) is 4.80 Å². The van der Waals surface area contributed by atoms with Crippen LogP contribution in [-0.2, 0) is 11.8 Å². The molecule has 1 aliphatic heterocycles. The third-order valence-electron chi connectivity index (χ3n) is 2.18. The zero-order chi connectivity index (χ0) is 10.7. The summed E-state index contributed by atoms with van der Waals surface area (Å²) < 4.78 is 5.41. The summed E-state index contributed by atoms with van der Waals surface area (Å²) in [5.41, 5.74) is 0. The average molecular weight is 211 g/mol. The van der Waals surface area contributed by atoms with Crippen LogP contribution in [0.15, 0.2) is 0 Å². The highest BCUT2D eigenvalue weighted by molar-refractivity contribution is 5.92. The van der Waals surface area contributed by atoms with Crippen LogP contribution in [0, 0.1) is 0 Å². The van der Waals surface area contributed by atoms with Crippen LogP contribution >= 0.6 is 0 Å². The molecule has 0 amide bonds. The summed E-state index contributed by atoms with van der Waals surface area (Å²) in [5, 5.41) is 14.3. The van der Waals surface area contributed by atoms with Gasteiger partial charge in [-0.15, -0.1) is 10.2 Å². The highest BCUT2D eigenvalue weighted by atomic mass is 16.5. The van der Waals surface area contributed by atoms with Crippen molar-refractivity contribution in [1.82, 2.24) is 25.5 Å². The monoisotopic (exact) mass is 211 g/mol. The molecular weight excluding hydrogens is 198 g/mol. The molecule has 0 aliphatic carbocycles. The van der Waals surface area contributed by atoms with Gasteiger partial charge in [0, 0.05) is 19.5 Å². The minimum absolute atomic E-state index is 0.0740. The lowest BCUT2D eigenvalue weighted by molar-refractivity contribution is 0.0237. The molecule has 7 heteroatoms. The largest absolute Gasteiger partial charge is 0.375 e. The molecule has 0 spiro atoms. The highest BCUT2D eigenvalue weighted by Crippen LogP contribution is 2.05. The average Bonchev–Trinajstić information content (AvgIpc) is 2.66. The van der Waals surface area contributed by atoms with Gasteiger partial charge < -0.3 is 10.1 Å². The number of carbonyl (C=O) groups is 1. The molecule has 7 nitrogen and oxygen atoms in total. The topological polar surface area (TPSA) is 81.9 Å². The summed E-state index contributed by atoms with van der Waals surface area (Å²) in [6.45, 7) is 2.19. The van der Waals surface area contributed by atoms with E-state index in [9.17, 15) is 4.79 Å². The number of Topliss-reactive ketones (excluding diaryl/α,β-unsaturated/α-hetero) is 1. The molecule has 1 aliphatic rings. The number of rotatable bonds is 3. The van der Waals surface area contributed by atoms with Crippen molar-refractivity contribution in [1.29, 1.82) is 0 Å².